The van der Waals surface area contributed by atoms with E-state index in [2.05, 4.69) is 21.5 Å². The highest BCUT2D eigenvalue weighted by molar-refractivity contribution is 6.02. The normalized spacial score (nSPS) is 11.3. The van der Waals surface area contributed by atoms with Crippen molar-refractivity contribution in [3.63, 3.8) is 0 Å². The molecule has 0 unspecified atom stereocenters. The van der Waals surface area contributed by atoms with Crippen molar-refractivity contribution in [3.8, 4) is 16.8 Å². The lowest BCUT2D eigenvalue weighted by molar-refractivity contribution is 0.1000. The molecule has 3 heterocycles. The van der Waals surface area contributed by atoms with Crippen molar-refractivity contribution < 1.29 is 4.79 Å². The minimum absolute atomic E-state index is 0.160. The zero-order valence-electron chi connectivity index (χ0n) is 19.6. The largest absolute Gasteiger partial charge is 0.366 e. The molecule has 3 aromatic heterocycles. The topological polar surface area (TPSA) is 104 Å². The van der Waals surface area contributed by atoms with Crippen LogP contribution in [0.4, 0.5) is 0 Å². The number of carbonyl (C=O) groups is 1. The lowest BCUT2D eigenvalue weighted by atomic mass is 9.98. The second kappa shape index (κ2) is 8.97. The number of hydrogen-bond donors (Lipinski definition) is 2. The molecule has 0 atom stereocenters. The fraction of sp³-hybridized carbons (Fsp3) is 0.320. The van der Waals surface area contributed by atoms with Gasteiger partial charge in [-0.3, -0.25) is 14.3 Å². The number of amides is 1. The molecule has 0 aliphatic carbocycles. The van der Waals surface area contributed by atoms with Crippen LogP contribution in [0, 0.1) is 13.8 Å². The Morgan fingerprint density at radius 1 is 1.09 bits per heavy atom. The summed E-state index contributed by atoms with van der Waals surface area (Å²) in [5, 5.41) is 0. The minimum Gasteiger partial charge on any atom is -0.366 e. The SMILES string of the molecule is CCCc1c(-c2c(C)n(C)n(-c3ccccc3)c2=O)c(C(N)=O)c(C)n1CCc1cnc[nH]1. The van der Waals surface area contributed by atoms with E-state index in [1.807, 2.05) is 55.9 Å². The number of benzene rings is 1. The van der Waals surface area contributed by atoms with E-state index < -0.39 is 5.91 Å². The van der Waals surface area contributed by atoms with Crippen molar-refractivity contribution in [2.24, 2.45) is 12.8 Å². The molecule has 4 rings (SSSR count). The lowest BCUT2D eigenvalue weighted by Gasteiger charge is -2.12. The van der Waals surface area contributed by atoms with Gasteiger partial charge in [-0.2, -0.15) is 0 Å². The van der Waals surface area contributed by atoms with Crippen LogP contribution in [0.3, 0.4) is 0 Å². The predicted octanol–water partition coefficient (Wildman–Crippen LogP) is 3.28. The number of nitrogens with zero attached hydrogens (tertiary/aromatic N) is 4. The number of aromatic nitrogens is 5. The van der Waals surface area contributed by atoms with Crippen molar-refractivity contribution in [1.29, 1.82) is 0 Å². The summed E-state index contributed by atoms with van der Waals surface area (Å²) >= 11 is 0. The molecule has 0 aliphatic heterocycles. The average Bonchev–Trinajstić information content (AvgIpc) is 3.45. The van der Waals surface area contributed by atoms with E-state index in [1.54, 1.807) is 17.2 Å². The number of imidazole rings is 1. The number of carbonyl (C=O) groups excluding carboxylic acids is 1. The van der Waals surface area contributed by atoms with Crippen LogP contribution >= 0.6 is 0 Å². The number of primary amides is 1. The van der Waals surface area contributed by atoms with Gasteiger partial charge in [0.1, 0.15) is 0 Å². The van der Waals surface area contributed by atoms with Gasteiger partial charge in [0.2, 0.25) is 0 Å². The fourth-order valence-electron chi connectivity index (χ4n) is 4.68. The van der Waals surface area contributed by atoms with Gasteiger partial charge in [-0.1, -0.05) is 31.5 Å². The molecular weight excluding hydrogens is 416 g/mol. The molecule has 3 N–H and O–H groups in total. The number of para-hydroxylation sites is 1. The summed E-state index contributed by atoms with van der Waals surface area (Å²) in [6.07, 6.45) is 5.79. The van der Waals surface area contributed by atoms with E-state index in [0.717, 1.165) is 47.7 Å². The summed E-state index contributed by atoms with van der Waals surface area (Å²) in [5.41, 5.74) is 11.7. The molecule has 33 heavy (non-hydrogen) atoms. The average molecular weight is 447 g/mol. The van der Waals surface area contributed by atoms with Crippen LogP contribution in [0.1, 0.15) is 46.5 Å². The first-order valence-electron chi connectivity index (χ1n) is 11.2. The van der Waals surface area contributed by atoms with Crippen LogP contribution in [-0.2, 0) is 26.4 Å². The number of rotatable bonds is 8. The number of nitrogens with two attached hydrogens (primary N) is 1. The van der Waals surface area contributed by atoms with Crippen molar-refractivity contribution in [2.75, 3.05) is 0 Å². The van der Waals surface area contributed by atoms with Gasteiger partial charge in [0, 0.05) is 54.5 Å². The molecule has 1 aromatic carbocycles. The van der Waals surface area contributed by atoms with E-state index in [4.69, 9.17) is 5.73 Å². The number of aryl methyl sites for hydroxylation is 1. The smallest absolute Gasteiger partial charge is 0.279 e. The Morgan fingerprint density at radius 3 is 2.42 bits per heavy atom. The van der Waals surface area contributed by atoms with Crippen LogP contribution in [0.15, 0.2) is 47.7 Å². The van der Waals surface area contributed by atoms with Gasteiger partial charge in [0.25, 0.3) is 11.5 Å². The number of H-pyrrole nitrogens is 1. The van der Waals surface area contributed by atoms with Crippen molar-refractivity contribution in [1.82, 2.24) is 23.9 Å². The van der Waals surface area contributed by atoms with Gasteiger partial charge in [-0.25, -0.2) is 9.67 Å². The summed E-state index contributed by atoms with van der Waals surface area (Å²) in [7, 11) is 1.86. The third-order valence-corrected chi connectivity index (χ3v) is 6.33. The minimum atomic E-state index is -0.519. The Balaban J connectivity index is 1.97. The van der Waals surface area contributed by atoms with Gasteiger partial charge >= 0.3 is 0 Å². The molecule has 0 radical (unpaired) electrons. The summed E-state index contributed by atoms with van der Waals surface area (Å²) in [6.45, 7) is 6.56. The molecular formula is C25H30N6O2. The Labute approximate surface area is 192 Å². The van der Waals surface area contributed by atoms with Gasteiger partial charge in [-0.05, 0) is 32.4 Å². The quantitative estimate of drug-likeness (QED) is 0.434. The Morgan fingerprint density at radius 2 is 1.82 bits per heavy atom. The lowest BCUT2D eigenvalue weighted by Crippen LogP contribution is -2.21. The summed E-state index contributed by atoms with van der Waals surface area (Å²) < 4.78 is 5.62. The Kier molecular flexibility index (Phi) is 6.09. The van der Waals surface area contributed by atoms with Crippen molar-refractivity contribution in [3.05, 3.63) is 81.5 Å². The zero-order valence-corrected chi connectivity index (χ0v) is 19.6. The molecule has 0 aliphatic rings. The van der Waals surface area contributed by atoms with Crippen LogP contribution in [0.25, 0.3) is 16.8 Å². The molecule has 0 spiro atoms. The first-order valence-corrected chi connectivity index (χ1v) is 11.2. The van der Waals surface area contributed by atoms with Gasteiger partial charge in [-0.15, -0.1) is 0 Å². The maximum absolute atomic E-state index is 13.8. The van der Waals surface area contributed by atoms with Crippen molar-refractivity contribution in [2.45, 2.75) is 46.6 Å². The maximum Gasteiger partial charge on any atom is 0.279 e. The van der Waals surface area contributed by atoms with Crippen LogP contribution < -0.4 is 11.3 Å². The molecule has 172 valence electrons. The summed E-state index contributed by atoms with van der Waals surface area (Å²) in [5.74, 6) is -0.519. The van der Waals surface area contributed by atoms with E-state index in [-0.39, 0.29) is 5.56 Å². The molecule has 0 fully saturated rings. The zero-order chi connectivity index (χ0) is 23.7. The first-order chi connectivity index (χ1) is 15.9. The van der Waals surface area contributed by atoms with Gasteiger partial charge in [0.05, 0.1) is 23.1 Å². The highest BCUT2D eigenvalue weighted by Gasteiger charge is 2.29. The molecule has 8 nitrogen and oxygen atoms in total. The van der Waals surface area contributed by atoms with Gasteiger partial charge < -0.3 is 15.3 Å². The molecule has 4 aromatic rings. The van der Waals surface area contributed by atoms with Crippen LogP contribution in [-0.4, -0.2) is 29.8 Å². The van der Waals surface area contributed by atoms with E-state index in [1.165, 1.54) is 0 Å². The summed E-state index contributed by atoms with van der Waals surface area (Å²) in [6, 6.07) is 9.51. The molecule has 0 saturated carbocycles. The standard InChI is InChI=1S/C25H30N6O2/c1-5-9-20-23(21(24(26)32)17(3)30(20)13-12-18-14-27-15-28-18)22-16(2)29(4)31(25(22)33)19-10-7-6-8-11-19/h6-8,10-11,14-15H,5,9,12-13H2,1-4H3,(H2,26,32)(H,27,28). The maximum atomic E-state index is 13.8. The molecule has 1 amide bonds. The summed E-state index contributed by atoms with van der Waals surface area (Å²) in [4.78, 5) is 33.7. The monoisotopic (exact) mass is 446 g/mol. The van der Waals surface area contributed by atoms with Crippen molar-refractivity contribution >= 4 is 5.91 Å². The Bertz CT molecular complexity index is 1340. The fourth-order valence-corrected chi connectivity index (χ4v) is 4.68. The van der Waals surface area contributed by atoms with E-state index in [9.17, 15) is 9.59 Å². The second-order valence-corrected chi connectivity index (χ2v) is 8.31. The van der Waals surface area contributed by atoms with E-state index in [0.29, 0.717) is 23.2 Å². The predicted molar refractivity (Wildman–Crippen MR) is 129 cm³/mol. The van der Waals surface area contributed by atoms with Gasteiger partial charge in [0.15, 0.2) is 0 Å². The Hall–Kier alpha value is -3.81. The second-order valence-electron chi connectivity index (χ2n) is 8.31. The number of nitrogens with one attached hydrogen (secondary N) is 1. The third-order valence-electron chi connectivity index (χ3n) is 6.33. The van der Waals surface area contributed by atoms with E-state index >= 15 is 0 Å². The van der Waals surface area contributed by atoms with Crippen LogP contribution in [0.5, 0.6) is 0 Å². The number of aromatic amines is 1. The first kappa shape index (κ1) is 22.4. The highest BCUT2D eigenvalue weighted by Crippen LogP contribution is 2.34. The highest BCUT2D eigenvalue weighted by atomic mass is 16.1. The van der Waals surface area contributed by atoms with Crippen LogP contribution in [0.2, 0.25) is 0 Å². The number of hydrogen-bond acceptors (Lipinski definition) is 3. The molecule has 8 heteroatoms. The molecule has 0 bridgehead atoms. The third kappa shape index (κ3) is 3.82. The molecule has 0 saturated heterocycles.